The van der Waals surface area contributed by atoms with E-state index in [1.54, 1.807) is 23.0 Å². The van der Waals surface area contributed by atoms with E-state index in [4.69, 9.17) is 9.66 Å². The number of rotatable bonds is 7. The number of carbonyl (C=O) groups excluding carboxylic acids is 1. The first-order chi connectivity index (χ1) is 14.8. The van der Waals surface area contributed by atoms with Gasteiger partial charge in [-0.15, -0.1) is 0 Å². The molecule has 31 heavy (non-hydrogen) atoms. The second-order valence-electron chi connectivity index (χ2n) is 7.90. The van der Waals surface area contributed by atoms with Gasteiger partial charge in [0.05, 0.1) is 23.3 Å². The number of sulfonamides is 1. The molecule has 10 heteroatoms. The van der Waals surface area contributed by atoms with Gasteiger partial charge in [-0.25, -0.2) is 13.6 Å². The minimum Gasteiger partial charge on any atom is -0.360 e. The Kier molecular flexibility index (Phi) is 5.92. The summed E-state index contributed by atoms with van der Waals surface area (Å²) in [7, 11) is -3.77. The topological polar surface area (TPSA) is 133 Å². The Labute approximate surface area is 180 Å². The van der Waals surface area contributed by atoms with Crippen LogP contribution in [0.15, 0.2) is 46.1 Å². The normalized spacial score (nSPS) is 16.1. The second kappa shape index (κ2) is 8.64. The van der Waals surface area contributed by atoms with Crippen LogP contribution in [0, 0.1) is 5.92 Å². The van der Waals surface area contributed by atoms with Crippen LogP contribution >= 0.6 is 0 Å². The molecule has 0 bridgehead atoms. The van der Waals surface area contributed by atoms with E-state index < -0.39 is 10.0 Å². The lowest BCUT2D eigenvalue weighted by Crippen LogP contribution is -2.18. The molecule has 0 saturated heterocycles. The van der Waals surface area contributed by atoms with Crippen LogP contribution in [0.4, 0.5) is 5.69 Å². The average Bonchev–Trinajstić information content (AvgIpc) is 3.34. The SMILES string of the molecule is CCCC1CCc2onc(C(=O)Nc3cnn(Cc4cccc(S(N)(=O)=O)c4)c3)c2C1. The van der Waals surface area contributed by atoms with Crippen molar-refractivity contribution in [2.24, 2.45) is 11.1 Å². The molecule has 0 aliphatic heterocycles. The lowest BCUT2D eigenvalue weighted by molar-refractivity contribution is 0.101. The number of amides is 1. The van der Waals surface area contributed by atoms with Crippen molar-refractivity contribution in [2.45, 2.75) is 50.5 Å². The molecule has 1 amide bonds. The number of primary sulfonamides is 1. The van der Waals surface area contributed by atoms with Gasteiger partial charge < -0.3 is 9.84 Å². The molecule has 9 nitrogen and oxygen atoms in total. The maximum atomic E-state index is 12.8. The van der Waals surface area contributed by atoms with Crippen molar-refractivity contribution in [2.75, 3.05) is 5.32 Å². The Balaban J connectivity index is 1.44. The van der Waals surface area contributed by atoms with Crippen molar-refractivity contribution in [3.63, 3.8) is 0 Å². The van der Waals surface area contributed by atoms with E-state index in [1.165, 1.54) is 18.3 Å². The zero-order valence-electron chi connectivity index (χ0n) is 17.2. The largest absolute Gasteiger partial charge is 0.360 e. The van der Waals surface area contributed by atoms with E-state index in [-0.39, 0.29) is 10.8 Å². The molecule has 4 rings (SSSR count). The number of aryl methyl sites for hydroxylation is 1. The van der Waals surface area contributed by atoms with Gasteiger partial charge >= 0.3 is 0 Å². The predicted octanol–water partition coefficient (Wildman–Crippen LogP) is 2.72. The summed E-state index contributed by atoms with van der Waals surface area (Å²) in [6.45, 7) is 2.50. The molecule has 0 fully saturated rings. The average molecular weight is 444 g/mol. The Morgan fingerprint density at radius 3 is 3.00 bits per heavy atom. The van der Waals surface area contributed by atoms with Gasteiger partial charge in [0.1, 0.15) is 5.76 Å². The standard InChI is InChI=1S/C21H25N5O4S/c1-2-4-14-7-8-19-18(10-14)20(25-30-19)21(27)24-16-11-23-26(13-16)12-15-5-3-6-17(9-15)31(22,28)29/h3,5-6,9,11,13-14H,2,4,7-8,10,12H2,1H3,(H,24,27)(H2,22,28,29). The summed E-state index contributed by atoms with van der Waals surface area (Å²) in [5.41, 5.74) is 2.49. The van der Waals surface area contributed by atoms with Crippen molar-refractivity contribution in [1.82, 2.24) is 14.9 Å². The highest BCUT2D eigenvalue weighted by Gasteiger charge is 2.28. The quantitative estimate of drug-likeness (QED) is 0.577. The number of benzene rings is 1. The minimum absolute atomic E-state index is 0.0443. The van der Waals surface area contributed by atoms with Gasteiger partial charge in [-0.1, -0.05) is 37.1 Å². The summed E-state index contributed by atoms with van der Waals surface area (Å²) < 4.78 is 30.1. The molecular weight excluding hydrogens is 418 g/mol. The fourth-order valence-electron chi connectivity index (χ4n) is 4.02. The highest BCUT2D eigenvalue weighted by atomic mass is 32.2. The van der Waals surface area contributed by atoms with E-state index in [0.717, 1.165) is 49.0 Å². The summed E-state index contributed by atoms with van der Waals surface area (Å²) in [4.78, 5) is 12.8. The molecular formula is C21H25N5O4S. The molecule has 0 saturated carbocycles. The van der Waals surface area contributed by atoms with Crippen LogP contribution in [0.2, 0.25) is 0 Å². The summed E-state index contributed by atoms with van der Waals surface area (Å²) in [6, 6.07) is 6.35. The number of nitrogens with two attached hydrogens (primary N) is 1. The molecule has 164 valence electrons. The molecule has 1 aromatic carbocycles. The van der Waals surface area contributed by atoms with E-state index in [2.05, 4.69) is 22.5 Å². The fourth-order valence-corrected chi connectivity index (χ4v) is 4.61. The third-order valence-electron chi connectivity index (χ3n) is 5.52. The zero-order chi connectivity index (χ0) is 22.0. The molecule has 2 aromatic heterocycles. The minimum atomic E-state index is -3.77. The van der Waals surface area contributed by atoms with Crippen molar-refractivity contribution in [1.29, 1.82) is 0 Å². The van der Waals surface area contributed by atoms with Crippen LogP contribution < -0.4 is 10.5 Å². The Morgan fingerprint density at radius 1 is 1.39 bits per heavy atom. The number of carbonyl (C=O) groups is 1. The molecule has 3 N–H and O–H groups in total. The van der Waals surface area contributed by atoms with Crippen molar-refractivity contribution in [3.8, 4) is 0 Å². The maximum absolute atomic E-state index is 12.8. The van der Waals surface area contributed by atoms with Gasteiger partial charge in [0.25, 0.3) is 5.91 Å². The van der Waals surface area contributed by atoms with Crippen molar-refractivity contribution in [3.05, 3.63) is 59.2 Å². The number of nitrogens with zero attached hydrogens (tertiary/aromatic N) is 3. The van der Waals surface area contributed by atoms with Gasteiger partial charge in [0, 0.05) is 18.2 Å². The first-order valence-electron chi connectivity index (χ1n) is 10.3. The maximum Gasteiger partial charge on any atom is 0.278 e. The summed E-state index contributed by atoms with van der Waals surface area (Å²) in [5.74, 6) is 1.04. The summed E-state index contributed by atoms with van der Waals surface area (Å²) in [5, 5.41) is 16.3. The van der Waals surface area contributed by atoms with E-state index >= 15 is 0 Å². The number of nitrogens with one attached hydrogen (secondary N) is 1. The molecule has 0 spiro atoms. The van der Waals surface area contributed by atoms with Crippen LogP contribution in [-0.2, 0) is 29.4 Å². The third-order valence-corrected chi connectivity index (χ3v) is 6.43. The smallest absolute Gasteiger partial charge is 0.278 e. The molecule has 1 unspecified atom stereocenters. The first-order valence-corrected chi connectivity index (χ1v) is 11.8. The highest BCUT2D eigenvalue weighted by molar-refractivity contribution is 7.89. The predicted molar refractivity (Wildman–Crippen MR) is 114 cm³/mol. The first kappa shape index (κ1) is 21.3. The zero-order valence-corrected chi connectivity index (χ0v) is 18.1. The lowest BCUT2D eigenvalue weighted by Gasteiger charge is -2.20. The van der Waals surface area contributed by atoms with E-state index in [1.807, 2.05) is 0 Å². The Bertz CT molecular complexity index is 1200. The van der Waals surface area contributed by atoms with Gasteiger partial charge in [0.15, 0.2) is 5.69 Å². The van der Waals surface area contributed by atoms with Crippen LogP contribution in [0.5, 0.6) is 0 Å². The molecule has 1 aliphatic carbocycles. The Hall–Kier alpha value is -2.98. The Morgan fingerprint density at radius 2 is 2.23 bits per heavy atom. The summed E-state index contributed by atoms with van der Waals surface area (Å²) in [6.07, 6.45) is 8.15. The highest BCUT2D eigenvalue weighted by Crippen LogP contribution is 2.31. The van der Waals surface area contributed by atoms with Crippen LogP contribution in [0.25, 0.3) is 0 Å². The van der Waals surface area contributed by atoms with Gasteiger partial charge in [-0.05, 0) is 36.5 Å². The molecule has 1 atom stereocenters. The molecule has 1 aliphatic rings. The van der Waals surface area contributed by atoms with Crippen LogP contribution in [-0.4, -0.2) is 29.3 Å². The van der Waals surface area contributed by atoms with Gasteiger partial charge in [0.2, 0.25) is 10.0 Å². The van der Waals surface area contributed by atoms with Gasteiger partial charge in [-0.3, -0.25) is 9.48 Å². The summed E-state index contributed by atoms with van der Waals surface area (Å²) >= 11 is 0. The van der Waals surface area contributed by atoms with E-state index in [0.29, 0.717) is 23.8 Å². The lowest BCUT2D eigenvalue weighted by atomic mass is 9.84. The van der Waals surface area contributed by atoms with Crippen molar-refractivity contribution >= 4 is 21.6 Å². The molecule has 2 heterocycles. The van der Waals surface area contributed by atoms with Gasteiger partial charge in [-0.2, -0.15) is 5.10 Å². The second-order valence-corrected chi connectivity index (χ2v) is 9.46. The third kappa shape index (κ3) is 4.86. The fraction of sp³-hybridized carbons (Fsp3) is 0.381. The number of hydrogen-bond donors (Lipinski definition) is 2. The van der Waals surface area contributed by atoms with Crippen LogP contribution in [0.1, 0.15) is 53.6 Å². The number of aromatic nitrogens is 3. The number of anilines is 1. The molecule has 0 radical (unpaired) electrons. The molecule has 3 aromatic rings. The number of hydrogen-bond acceptors (Lipinski definition) is 6. The monoisotopic (exact) mass is 443 g/mol. The van der Waals surface area contributed by atoms with Crippen LogP contribution in [0.3, 0.4) is 0 Å². The van der Waals surface area contributed by atoms with E-state index in [9.17, 15) is 13.2 Å². The number of fused-ring (bicyclic) bond motifs is 1. The van der Waals surface area contributed by atoms with Crippen molar-refractivity contribution < 1.29 is 17.7 Å².